The molecule has 2 aromatic rings. The predicted octanol–water partition coefficient (Wildman–Crippen LogP) is 2.89. The van der Waals surface area contributed by atoms with Crippen LogP contribution < -0.4 is 10.5 Å². The fourth-order valence-electron chi connectivity index (χ4n) is 1.12. The molecular formula is C10H6BrF2N3O. The Kier molecular flexibility index (Phi) is 3.19. The SMILES string of the molecule is Nc1cc(Br)nc(Oc2ccc(F)cc2F)n1. The van der Waals surface area contributed by atoms with Crippen LogP contribution in [0.4, 0.5) is 14.6 Å². The molecule has 0 aliphatic heterocycles. The normalized spacial score (nSPS) is 10.3. The van der Waals surface area contributed by atoms with Gasteiger partial charge in [0.05, 0.1) is 0 Å². The predicted molar refractivity (Wildman–Crippen MR) is 60.6 cm³/mol. The van der Waals surface area contributed by atoms with Gasteiger partial charge in [-0.3, -0.25) is 0 Å². The molecule has 1 heterocycles. The molecule has 0 aliphatic carbocycles. The van der Waals surface area contributed by atoms with E-state index in [0.29, 0.717) is 10.7 Å². The molecule has 4 nitrogen and oxygen atoms in total. The Morgan fingerprint density at radius 2 is 1.94 bits per heavy atom. The monoisotopic (exact) mass is 301 g/mol. The molecule has 0 unspecified atom stereocenters. The van der Waals surface area contributed by atoms with E-state index in [1.807, 2.05) is 0 Å². The van der Waals surface area contributed by atoms with Crippen molar-refractivity contribution in [3.63, 3.8) is 0 Å². The Hall–Kier alpha value is -1.76. The topological polar surface area (TPSA) is 61.0 Å². The summed E-state index contributed by atoms with van der Waals surface area (Å²) < 4.78 is 31.4. The van der Waals surface area contributed by atoms with Crippen molar-refractivity contribution in [2.75, 3.05) is 5.73 Å². The summed E-state index contributed by atoms with van der Waals surface area (Å²) in [6.07, 6.45) is 0. The Morgan fingerprint density at radius 1 is 1.18 bits per heavy atom. The van der Waals surface area contributed by atoms with Gasteiger partial charge in [0.15, 0.2) is 11.6 Å². The van der Waals surface area contributed by atoms with Crippen molar-refractivity contribution in [2.45, 2.75) is 0 Å². The lowest BCUT2D eigenvalue weighted by Gasteiger charge is -2.05. The van der Waals surface area contributed by atoms with Gasteiger partial charge in [0.25, 0.3) is 0 Å². The zero-order chi connectivity index (χ0) is 12.4. The van der Waals surface area contributed by atoms with E-state index < -0.39 is 11.6 Å². The number of aromatic nitrogens is 2. The summed E-state index contributed by atoms with van der Waals surface area (Å²) >= 11 is 3.09. The largest absolute Gasteiger partial charge is 0.421 e. The van der Waals surface area contributed by atoms with Gasteiger partial charge < -0.3 is 10.5 Å². The summed E-state index contributed by atoms with van der Waals surface area (Å²) in [4.78, 5) is 7.58. The third-order valence-corrected chi connectivity index (χ3v) is 2.20. The molecule has 0 amide bonds. The van der Waals surface area contributed by atoms with E-state index in [0.717, 1.165) is 12.1 Å². The average Bonchev–Trinajstić information content (AvgIpc) is 2.21. The van der Waals surface area contributed by atoms with Crippen LogP contribution in [-0.4, -0.2) is 9.97 Å². The number of halogens is 3. The minimum atomic E-state index is -0.841. The molecule has 0 bridgehead atoms. The van der Waals surface area contributed by atoms with Gasteiger partial charge in [0, 0.05) is 12.1 Å². The number of nitrogen functional groups attached to an aromatic ring is 1. The number of hydrogen-bond donors (Lipinski definition) is 1. The van der Waals surface area contributed by atoms with Gasteiger partial charge >= 0.3 is 6.01 Å². The average molecular weight is 302 g/mol. The van der Waals surface area contributed by atoms with Crippen molar-refractivity contribution in [3.05, 3.63) is 40.5 Å². The third kappa shape index (κ3) is 2.88. The third-order valence-electron chi connectivity index (χ3n) is 1.79. The number of benzene rings is 1. The van der Waals surface area contributed by atoms with Crippen molar-refractivity contribution in [1.82, 2.24) is 9.97 Å². The van der Waals surface area contributed by atoms with E-state index in [1.54, 1.807) is 0 Å². The molecule has 0 saturated heterocycles. The zero-order valence-corrected chi connectivity index (χ0v) is 9.91. The molecule has 1 aromatic carbocycles. The molecular weight excluding hydrogens is 296 g/mol. The van der Waals surface area contributed by atoms with Crippen molar-refractivity contribution in [2.24, 2.45) is 0 Å². The summed E-state index contributed by atoms with van der Waals surface area (Å²) in [6.45, 7) is 0. The minimum absolute atomic E-state index is 0.123. The highest BCUT2D eigenvalue weighted by atomic mass is 79.9. The van der Waals surface area contributed by atoms with Crippen LogP contribution in [-0.2, 0) is 0 Å². The molecule has 2 N–H and O–H groups in total. The Bertz CT molecular complexity index is 545. The van der Waals surface area contributed by atoms with Crippen LogP contribution in [0.15, 0.2) is 28.9 Å². The first kappa shape index (κ1) is 11.7. The molecule has 0 atom stereocenters. The van der Waals surface area contributed by atoms with Gasteiger partial charge in [-0.1, -0.05) is 0 Å². The molecule has 0 radical (unpaired) electrons. The zero-order valence-electron chi connectivity index (χ0n) is 8.32. The van der Waals surface area contributed by atoms with E-state index >= 15 is 0 Å². The molecule has 2 rings (SSSR count). The van der Waals surface area contributed by atoms with Gasteiger partial charge in [0.2, 0.25) is 0 Å². The number of nitrogens with two attached hydrogens (primary N) is 1. The maximum Gasteiger partial charge on any atom is 0.325 e. The highest BCUT2D eigenvalue weighted by molar-refractivity contribution is 9.10. The van der Waals surface area contributed by atoms with E-state index in [2.05, 4.69) is 25.9 Å². The van der Waals surface area contributed by atoms with Gasteiger partial charge in [-0.2, -0.15) is 9.97 Å². The lowest BCUT2D eigenvalue weighted by molar-refractivity contribution is 0.408. The smallest absolute Gasteiger partial charge is 0.325 e. The first-order chi connectivity index (χ1) is 8.04. The number of anilines is 1. The standard InChI is InChI=1S/C10H6BrF2N3O/c11-8-4-9(14)16-10(15-8)17-7-2-1-5(12)3-6(7)13/h1-4H,(H2,14,15,16). The summed E-state index contributed by atoms with van der Waals surface area (Å²) in [5, 5.41) is 0. The summed E-state index contributed by atoms with van der Waals surface area (Å²) in [6, 6.07) is 4.26. The molecule has 88 valence electrons. The van der Waals surface area contributed by atoms with Crippen molar-refractivity contribution >= 4 is 21.7 Å². The molecule has 0 fully saturated rings. The first-order valence-corrected chi connectivity index (χ1v) is 5.27. The van der Waals surface area contributed by atoms with Crippen LogP contribution in [0.1, 0.15) is 0 Å². The van der Waals surface area contributed by atoms with Gasteiger partial charge in [-0.25, -0.2) is 8.78 Å². The van der Waals surface area contributed by atoms with Gasteiger partial charge in [-0.05, 0) is 28.1 Å². The molecule has 1 aromatic heterocycles. The molecule has 17 heavy (non-hydrogen) atoms. The maximum atomic E-state index is 13.3. The lowest BCUT2D eigenvalue weighted by atomic mass is 10.3. The molecule has 7 heteroatoms. The quantitative estimate of drug-likeness (QED) is 0.867. The second kappa shape index (κ2) is 4.62. The van der Waals surface area contributed by atoms with Gasteiger partial charge in [-0.15, -0.1) is 0 Å². The minimum Gasteiger partial charge on any atom is -0.421 e. The van der Waals surface area contributed by atoms with Crippen LogP contribution in [0, 0.1) is 11.6 Å². The Labute approximate surface area is 104 Å². The van der Waals surface area contributed by atoms with Crippen molar-refractivity contribution in [3.8, 4) is 11.8 Å². The van der Waals surface area contributed by atoms with E-state index in [4.69, 9.17) is 10.5 Å². The maximum absolute atomic E-state index is 13.3. The van der Waals surface area contributed by atoms with Crippen LogP contribution in [0.2, 0.25) is 0 Å². The van der Waals surface area contributed by atoms with Crippen molar-refractivity contribution < 1.29 is 13.5 Å². The molecule has 0 aliphatic rings. The second-order valence-corrected chi connectivity index (χ2v) is 3.89. The summed E-state index contributed by atoms with van der Waals surface area (Å²) in [5.41, 5.74) is 5.46. The van der Waals surface area contributed by atoms with Crippen LogP contribution in [0.3, 0.4) is 0 Å². The molecule has 0 saturated carbocycles. The second-order valence-electron chi connectivity index (χ2n) is 3.07. The fourth-order valence-corrected chi connectivity index (χ4v) is 1.50. The number of rotatable bonds is 2. The van der Waals surface area contributed by atoms with E-state index in [1.165, 1.54) is 6.07 Å². The fraction of sp³-hybridized carbons (Fsp3) is 0. The van der Waals surface area contributed by atoms with Crippen molar-refractivity contribution in [1.29, 1.82) is 0 Å². The first-order valence-electron chi connectivity index (χ1n) is 4.47. The van der Waals surface area contributed by atoms with Crippen LogP contribution >= 0.6 is 15.9 Å². The summed E-state index contributed by atoms with van der Waals surface area (Å²) in [5.74, 6) is -1.54. The highest BCUT2D eigenvalue weighted by Gasteiger charge is 2.09. The number of nitrogens with zero attached hydrogens (tertiary/aromatic N) is 2. The summed E-state index contributed by atoms with van der Waals surface area (Å²) in [7, 11) is 0. The highest BCUT2D eigenvalue weighted by Crippen LogP contribution is 2.24. The van der Waals surface area contributed by atoms with Gasteiger partial charge in [0.1, 0.15) is 16.2 Å². The lowest BCUT2D eigenvalue weighted by Crippen LogP contribution is -1.98. The Balaban J connectivity index is 2.31. The van der Waals surface area contributed by atoms with E-state index in [9.17, 15) is 8.78 Å². The Morgan fingerprint density at radius 3 is 2.59 bits per heavy atom. The van der Waals surface area contributed by atoms with Crippen LogP contribution in [0.25, 0.3) is 0 Å². The number of ether oxygens (including phenoxy) is 1. The molecule has 0 spiro atoms. The number of hydrogen-bond acceptors (Lipinski definition) is 4. The van der Waals surface area contributed by atoms with Crippen LogP contribution in [0.5, 0.6) is 11.8 Å². The van der Waals surface area contributed by atoms with E-state index in [-0.39, 0.29) is 17.6 Å².